The number of nitrogens with one attached hydrogen (secondary N) is 1. The van der Waals surface area contributed by atoms with E-state index in [1.165, 1.54) is 37.4 Å². The third-order valence-electron chi connectivity index (χ3n) is 4.54. The van der Waals surface area contributed by atoms with Gasteiger partial charge in [-0.3, -0.25) is 9.10 Å². The van der Waals surface area contributed by atoms with Crippen LogP contribution >= 0.6 is 11.6 Å². The molecule has 0 heterocycles. The van der Waals surface area contributed by atoms with Gasteiger partial charge in [0.05, 0.1) is 34.0 Å². The maximum Gasteiger partial charge on any atom is 0.417 e. The summed E-state index contributed by atoms with van der Waals surface area (Å²) in [4.78, 5) is 12.6. The van der Waals surface area contributed by atoms with Gasteiger partial charge in [-0.15, -0.1) is 0 Å². The first-order valence-electron chi connectivity index (χ1n) is 9.41. The first-order chi connectivity index (χ1) is 15.5. The smallest absolute Gasteiger partial charge is 0.417 e. The molecule has 0 radical (unpaired) electrons. The zero-order chi connectivity index (χ0) is 24.2. The number of carbonyl (C=O) groups is 1. The lowest BCUT2D eigenvalue weighted by Gasteiger charge is -2.25. The Morgan fingerprint density at radius 1 is 1.03 bits per heavy atom. The number of alkyl halides is 3. The predicted molar refractivity (Wildman–Crippen MR) is 119 cm³/mol. The molecule has 174 valence electrons. The van der Waals surface area contributed by atoms with Crippen molar-refractivity contribution in [3.05, 3.63) is 83.4 Å². The van der Waals surface area contributed by atoms with Crippen LogP contribution < -0.4 is 14.4 Å². The highest BCUT2D eigenvalue weighted by Crippen LogP contribution is 2.38. The summed E-state index contributed by atoms with van der Waals surface area (Å²) in [5.41, 5.74) is -1.32. The average Bonchev–Trinajstić information content (AvgIpc) is 2.78. The maximum absolute atomic E-state index is 13.4. The van der Waals surface area contributed by atoms with Crippen LogP contribution in [0.1, 0.15) is 5.56 Å². The number of amides is 1. The Labute approximate surface area is 193 Å². The van der Waals surface area contributed by atoms with E-state index in [-0.39, 0.29) is 16.3 Å². The lowest BCUT2D eigenvalue weighted by Crippen LogP contribution is -2.38. The molecule has 3 aromatic carbocycles. The topological polar surface area (TPSA) is 75.7 Å². The van der Waals surface area contributed by atoms with Crippen molar-refractivity contribution in [2.24, 2.45) is 0 Å². The molecule has 0 aliphatic heterocycles. The molecule has 0 spiro atoms. The molecule has 11 heteroatoms. The van der Waals surface area contributed by atoms with Gasteiger partial charge < -0.3 is 10.1 Å². The van der Waals surface area contributed by atoms with Crippen LogP contribution in [0.25, 0.3) is 0 Å². The number of ether oxygens (including phenoxy) is 1. The molecule has 1 amide bonds. The van der Waals surface area contributed by atoms with Gasteiger partial charge in [-0.25, -0.2) is 8.42 Å². The third kappa shape index (κ3) is 5.58. The second kappa shape index (κ2) is 9.72. The van der Waals surface area contributed by atoms with Crippen LogP contribution in [0.5, 0.6) is 5.75 Å². The molecule has 0 saturated heterocycles. The van der Waals surface area contributed by atoms with E-state index in [1.54, 1.807) is 24.3 Å². The van der Waals surface area contributed by atoms with E-state index in [0.29, 0.717) is 16.1 Å². The summed E-state index contributed by atoms with van der Waals surface area (Å²) in [7, 11) is -3.01. The Morgan fingerprint density at radius 2 is 1.67 bits per heavy atom. The Balaban J connectivity index is 2.04. The molecule has 3 aromatic rings. The molecule has 0 saturated carbocycles. The third-order valence-corrected chi connectivity index (χ3v) is 6.66. The molecule has 0 bridgehead atoms. The minimum absolute atomic E-state index is 0.196. The second-order valence-corrected chi connectivity index (χ2v) is 9.00. The van der Waals surface area contributed by atoms with Crippen molar-refractivity contribution >= 4 is 38.9 Å². The summed E-state index contributed by atoms with van der Waals surface area (Å²) < 4.78 is 72.5. The first kappa shape index (κ1) is 24.4. The number of rotatable bonds is 7. The number of hydrogen-bond acceptors (Lipinski definition) is 4. The largest absolute Gasteiger partial charge is 0.495 e. The van der Waals surface area contributed by atoms with Crippen LogP contribution in [0.15, 0.2) is 77.7 Å². The van der Waals surface area contributed by atoms with Crippen molar-refractivity contribution in [1.82, 2.24) is 0 Å². The Morgan fingerprint density at radius 3 is 2.30 bits per heavy atom. The van der Waals surface area contributed by atoms with Gasteiger partial charge in [0.15, 0.2) is 0 Å². The highest BCUT2D eigenvalue weighted by Gasteiger charge is 2.35. The molecule has 0 aromatic heterocycles. The van der Waals surface area contributed by atoms with Crippen LogP contribution in [0.4, 0.5) is 24.5 Å². The number of halogens is 4. The number of hydrogen-bond donors (Lipinski definition) is 1. The summed E-state index contributed by atoms with van der Waals surface area (Å²) in [5, 5.41) is 1.93. The number of anilines is 2. The van der Waals surface area contributed by atoms with Gasteiger partial charge in [-0.2, -0.15) is 13.2 Å². The molecule has 6 nitrogen and oxygen atoms in total. The number of methoxy groups -OCH3 is 1. The average molecular weight is 499 g/mol. The summed E-state index contributed by atoms with van der Waals surface area (Å²) in [5.74, 6) is -0.461. The van der Waals surface area contributed by atoms with E-state index >= 15 is 0 Å². The number of benzene rings is 3. The van der Waals surface area contributed by atoms with Crippen LogP contribution in [-0.4, -0.2) is 28.0 Å². The number of para-hydroxylation sites is 2. The molecule has 0 atom stereocenters. The van der Waals surface area contributed by atoms with Gasteiger partial charge in [-0.05, 0) is 42.5 Å². The highest BCUT2D eigenvalue weighted by atomic mass is 35.5. The zero-order valence-corrected chi connectivity index (χ0v) is 18.7. The van der Waals surface area contributed by atoms with Crippen LogP contribution in [0.2, 0.25) is 5.02 Å². The summed E-state index contributed by atoms with van der Waals surface area (Å²) in [6, 6.07) is 16.1. The SMILES string of the molecule is COc1ccccc1NC(=O)CN(c1ccc(Cl)c(C(F)(F)F)c1)S(=O)(=O)c1ccccc1. The normalized spacial score (nSPS) is 11.7. The molecular formula is C22H18ClF3N2O4S. The highest BCUT2D eigenvalue weighted by molar-refractivity contribution is 7.92. The fraction of sp³-hybridized carbons (Fsp3) is 0.136. The van der Waals surface area contributed by atoms with Gasteiger partial charge in [0.1, 0.15) is 12.3 Å². The number of sulfonamides is 1. The van der Waals surface area contributed by atoms with Gasteiger partial charge in [0.25, 0.3) is 10.0 Å². The maximum atomic E-state index is 13.4. The number of nitrogens with zero attached hydrogens (tertiary/aromatic N) is 1. The van der Waals surface area contributed by atoms with Crippen molar-refractivity contribution in [3.8, 4) is 5.75 Å². The fourth-order valence-corrected chi connectivity index (χ4v) is 4.65. The van der Waals surface area contributed by atoms with E-state index < -0.39 is 39.2 Å². The summed E-state index contributed by atoms with van der Waals surface area (Å²) in [6.07, 6.45) is -4.82. The van der Waals surface area contributed by atoms with Crippen molar-refractivity contribution in [3.63, 3.8) is 0 Å². The fourth-order valence-electron chi connectivity index (χ4n) is 2.99. The molecular weight excluding hydrogens is 481 g/mol. The quantitative estimate of drug-likeness (QED) is 0.486. The van der Waals surface area contributed by atoms with Crippen LogP contribution in [-0.2, 0) is 21.0 Å². The Hall–Kier alpha value is -3.24. The van der Waals surface area contributed by atoms with E-state index in [4.69, 9.17) is 16.3 Å². The van der Waals surface area contributed by atoms with Crippen molar-refractivity contribution in [1.29, 1.82) is 0 Å². The van der Waals surface area contributed by atoms with E-state index in [1.807, 2.05) is 0 Å². The molecule has 1 N–H and O–H groups in total. The second-order valence-electron chi connectivity index (χ2n) is 6.74. The van der Waals surface area contributed by atoms with Gasteiger partial charge in [0.2, 0.25) is 5.91 Å². The van der Waals surface area contributed by atoms with Gasteiger partial charge in [-0.1, -0.05) is 41.9 Å². The van der Waals surface area contributed by atoms with Crippen LogP contribution in [0.3, 0.4) is 0 Å². The minimum Gasteiger partial charge on any atom is -0.495 e. The minimum atomic E-state index is -4.82. The molecule has 3 rings (SSSR count). The number of carbonyl (C=O) groups excluding carboxylic acids is 1. The van der Waals surface area contributed by atoms with E-state index in [9.17, 15) is 26.4 Å². The van der Waals surface area contributed by atoms with E-state index in [0.717, 1.165) is 12.1 Å². The molecule has 0 unspecified atom stereocenters. The molecule has 0 aliphatic rings. The summed E-state index contributed by atoms with van der Waals surface area (Å²) >= 11 is 5.68. The standard InChI is InChI=1S/C22H18ClF3N2O4S/c1-32-20-10-6-5-9-19(20)27-21(29)14-28(33(30,31)16-7-3-2-4-8-16)15-11-12-18(23)17(13-15)22(24,25)26/h2-13H,14H2,1H3,(H,27,29). The Kier molecular flexibility index (Phi) is 7.19. The monoisotopic (exact) mass is 498 g/mol. The molecule has 0 fully saturated rings. The summed E-state index contributed by atoms with van der Waals surface area (Å²) in [6.45, 7) is -0.797. The van der Waals surface area contributed by atoms with Crippen LogP contribution in [0, 0.1) is 0 Å². The molecule has 33 heavy (non-hydrogen) atoms. The van der Waals surface area contributed by atoms with Crippen molar-refractivity contribution in [2.75, 3.05) is 23.3 Å². The lowest BCUT2D eigenvalue weighted by molar-refractivity contribution is -0.137. The van der Waals surface area contributed by atoms with Crippen molar-refractivity contribution < 1.29 is 31.1 Å². The molecule has 0 aliphatic carbocycles. The Bertz CT molecular complexity index is 1250. The van der Waals surface area contributed by atoms with Crippen molar-refractivity contribution in [2.45, 2.75) is 11.1 Å². The first-order valence-corrected chi connectivity index (χ1v) is 11.2. The van der Waals surface area contributed by atoms with E-state index in [2.05, 4.69) is 5.32 Å². The zero-order valence-electron chi connectivity index (χ0n) is 17.1. The van der Waals surface area contributed by atoms with Gasteiger partial charge >= 0.3 is 6.18 Å². The predicted octanol–water partition coefficient (Wildman–Crippen LogP) is 5.20. The lowest BCUT2D eigenvalue weighted by atomic mass is 10.2. The van der Waals surface area contributed by atoms with Gasteiger partial charge in [0, 0.05) is 0 Å².